The van der Waals surface area contributed by atoms with Crippen molar-refractivity contribution in [3.8, 4) is 11.3 Å². The van der Waals surface area contributed by atoms with Crippen molar-refractivity contribution in [1.29, 1.82) is 0 Å². The maximum atomic E-state index is 11.2. The lowest BCUT2D eigenvalue weighted by atomic mass is 10.00. The smallest absolute Gasteiger partial charge is 0.340 e. The molecule has 0 saturated heterocycles. The molecule has 1 aromatic carbocycles. The molecule has 0 radical (unpaired) electrons. The van der Waals surface area contributed by atoms with Crippen molar-refractivity contribution in [2.45, 2.75) is 13.8 Å². The molecule has 0 saturated carbocycles. The quantitative estimate of drug-likeness (QED) is 0.741. The van der Waals surface area contributed by atoms with Crippen LogP contribution >= 0.6 is 0 Å². The number of aromatic carboxylic acids is 1. The number of aryl methyl sites for hydroxylation is 2. The van der Waals surface area contributed by atoms with Crippen molar-refractivity contribution in [2.24, 2.45) is 0 Å². The fourth-order valence-electron chi connectivity index (χ4n) is 1.89. The number of hydrogen-bond donors (Lipinski definition) is 3. The van der Waals surface area contributed by atoms with Gasteiger partial charge in [-0.05, 0) is 25.5 Å². The Kier molecular flexibility index (Phi) is 2.63. The highest BCUT2D eigenvalue weighted by Crippen LogP contribution is 2.30. The van der Waals surface area contributed by atoms with E-state index in [9.17, 15) is 4.79 Å². The lowest BCUT2D eigenvalue weighted by Crippen LogP contribution is -2.01. The van der Waals surface area contributed by atoms with Gasteiger partial charge in [-0.15, -0.1) is 0 Å². The minimum atomic E-state index is -1.01. The molecule has 1 aromatic heterocycles. The number of carboxylic acids is 1. The van der Waals surface area contributed by atoms with Gasteiger partial charge in [-0.3, -0.25) is 0 Å². The van der Waals surface area contributed by atoms with Crippen LogP contribution in [0.25, 0.3) is 11.3 Å². The van der Waals surface area contributed by atoms with Gasteiger partial charge in [0.1, 0.15) is 5.56 Å². The molecule has 2 aromatic rings. The van der Waals surface area contributed by atoms with Crippen LogP contribution in [0.4, 0.5) is 5.69 Å². The van der Waals surface area contributed by atoms with Gasteiger partial charge in [0.15, 0.2) is 0 Å². The van der Waals surface area contributed by atoms with Crippen molar-refractivity contribution in [1.82, 2.24) is 4.98 Å². The molecule has 0 amide bonds. The maximum Gasteiger partial charge on any atom is 0.340 e. The SMILES string of the molecule is Cc1ccc(C)c(-c2[nH]cc(N)c2C(=O)O)c1. The summed E-state index contributed by atoms with van der Waals surface area (Å²) in [7, 11) is 0. The third kappa shape index (κ3) is 1.89. The zero-order valence-electron chi connectivity index (χ0n) is 9.74. The van der Waals surface area contributed by atoms with Gasteiger partial charge in [0.05, 0.1) is 11.4 Å². The molecule has 0 aliphatic rings. The first-order valence-electron chi connectivity index (χ1n) is 5.28. The maximum absolute atomic E-state index is 11.2. The number of carboxylic acid groups (broad SMARTS) is 1. The van der Waals surface area contributed by atoms with Gasteiger partial charge in [0.25, 0.3) is 0 Å². The van der Waals surface area contributed by atoms with E-state index < -0.39 is 5.97 Å². The molecule has 0 bridgehead atoms. The van der Waals surface area contributed by atoms with E-state index in [0.29, 0.717) is 5.69 Å². The fourth-order valence-corrected chi connectivity index (χ4v) is 1.89. The number of aromatic nitrogens is 1. The van der Waals surface area contributed by atoms with Gasteiger partial charge in [-0.2, -0.15) is 0 Å². The minimum absolute atomic E-state index is 0.138. The molecule has 17 heavy (non-hydrogen) atoms. The molecule has 0 aliphatic carbocycles. The Morgan fingerprint density at radius 3 is 2.71 bits per heavy atom. The number of carbonyl (C=O) groups is 1. The van der Waals surface area contributed by atoms with Crippen LogP contribution in [0.15, 0.2) is 24.4 Å². The number of nitrogens with one attached hydrogen (secondary N) is 1. The van der Waals surface area contributed by atoms with Crippen molar-refractivity contribution < 1.29 is 9.90 Å². The van der Waals surface area contributed by atoms with Crippen molar-refractivity contribution in [2.75, 3.05) is 5.73 Å². The second kappa shape index (κ2) is 3.97. The van der Waals surface area contributed by atoms with Crippen LogP contribution in [-0.4, -0.2) is 16.1 Å². The number of aromatic amines is 1. The molecule has 0 atom stereocenters. The lowest BCUT2D eigenvalue weighted by molar-refractivity contribution is 0.0699. The molecule has 0 aliphatic heterocycles. The fraction of sp³-hybridized carbons (Fsp3) is 0.154. The molecule has 88 valence electrons. The van der Waals surface area contributed by atoms with Crippen LogP contribution < -0.4 is 5.73 Å². The topological polar surface area (TPSA) is 79.1 Å². The highest BCUT2D eigenvalue weighted by Gasteiger charge is 2.18. The van der Waals surface area contributed by atoms with Crippen LogP contribution in [0.2, 0.25) is 0 Å². The molecule has 0 spiro atoms. The molecule has 0 fully saturated rings. The number of benzene rings is 1. The highest BCUT2D eigenvalue weighted by atomic mass is 16.4. The summed E-state index contributed by atoms with van der Waals surface area (Å²) in [6.07, 6.45) is 1.51. The molecule has 2 rings (SSSR count). The lowest BCUT2D eigenvalue weighted by Gasteiger charge is -2.07. The van der Waals surface area contributed by atoms with E-state index in [4.69, 9.17) is 10.8 Å². The van der Waals surface area contributed by atoms with E-state index in [0.717, 1.165) is 16.7 Å². The normalized spacial score (nSPS) is 10.5. The van der Waals surface area contributed by atoms with Gasteiger partial charge in [0, 0.05) is 11.8 Å². The molecule has 4 heteroatoms. The zero-order valence-corrected chi connectivity index (χ0v) is 9.74. The second-order valence-electron chi connectivity index (χ2n) is 4.12. The van der Waals surface area contributed by atoms with Crippen LogP contribution in [-0.2, 0) is 0 Å². The number of H-pyrrole nitrogens is 1. The highest BCUT2D eigenvalue weighted by molar-refractivity contribution is 6.01. The molecule has 4 N–H and O–H groups in total. The number of nitrogens with two attached hydrogens (primary N) is 1. The molecule has 0 unspecified atom stereocenters. The molecule has 1 heterocycles. The van der Waals surface area contributed by atoms with Crippen LogP contribution in [0.3, 0.4) is 0 Å². The molecular formula is C13H14N2O2. The average molecular weight is 230 g/mol. The van der Waals surface area contributed by atoms with E-state index in [2.05, 4.69) is 4.98 Å². The number of anilines is 1. The first kappa shape index (κ1) is 11.3. The first-order valence-corrected chi connectivity index (χ1v) is 5.28. The number of nitrogen functional groups attached to an aromatic ring is 1. The van der Waals surface area contributed by atoms with Gasteiger partial charge < -0.3 is 15.8 Å². The van der Waals surface area contributed by atoms with E-state index in [1.807, 2.05) is 32.0 Å². The summed E-state index contributed by atoms with van der Waals surface area (Å²) in [5.74, 6) is -1.01. The summed E-state index contributed by atoms with van der Waals surface area (Å²) in [6.45, 7) is 3.91. The monoisotopic (exact) mass is 230 g/mol. The minimum Gasteiger partial charge on any atom is -0.478 e. The Balaban J connectivity index is 2.68. The Morgan fingerprint density at radius 2 is 2.06 bits per heavy atom. The van der Waals surface area contributed by atoms with Gasteiger partial charge in [0.2, 0.25) is 0 Å². The number of rotatable bonds is 2. The summed E-state index contributed by atoms with van der Waals surface area (Å²) in [5.41, 5.74) is 9.58. The van der Waals surface area contributed by atoms with E-state index in [1.54, 1.807) is 0 Å². The Labute approximate surface area is 99.1 Å². The Morgan fingerprint density at radius 1 is 1.35 bits per heavy atom. The second-order valence-corrected chi connectivity index (χ2v) is 4.12. The zero-order chi connectivity index (χ0) is 12.6. The third-order valence-electron chi connectivity index (χ3n) is 2.79. The predicted molar refractivity (Wildman–Crippen MR) is 67.1 cm³/mol. The van der Waals surface area contributed by atoms with Crippen molar-refractivity contribution >= 4 is 11.7 Å². The van der Waals surface area contributed by atoms with E-state index >= 15 is 0 Å². The largest absolute Gasteiger partial charge is 0.478 e. The summed E-state index contributed by atoms with van der Waals surface area (Å²) in [5, 5.41) is 9.16. The van der Waals surface area contributed by atoms with Gasteiger partial charge in [-0.1, -0.05) is 17.7 Å². The number of hydrogen-bond acceptors (Lipinski definition) is 2. The predicted octanol–water partition coefficient (Wildman–Crippen LogP) is 2.58. The summed E-state index contributed by atoms with van der Waals surface area (Å²) < 4.78 is 0. The van der Waals surface area contributed by atoms with E-state index in [-0.39, 0.29) is 11.3 Å². The van der Waals surface area contributed by atoms with Crippen molar-refractivity contribution in [3.63, 3.8) is 0 Å². The Bertz CT molecular complexity index is 585. The standard InChI is InChI=1S/C13H14N2O2/c1-7-3-4-8(2)9(5-7)12-11(13(16)17)10(14)6-15-12/h3-6,15H,14H2,1-2H3,(H,16,17). The molecule has 4 nitrogen and oxygen atoms in total. The van der Waals surface area contributed by atoms with Crippen LogP contribution in [0.1, 0.15) is 21.5 Å². The first-order chi connectivity index (χ1) is 8.00. The average Bonchev–Trinajstić information content (AvgIpc) is 2.64. The summed E-state index contributed by atoms with van der Waals surface area (Å²) >= 11 is 0. The van der Waals surface area contributed by atoms with Crippen molar-refractivity contribution in [3.05, 3.63) is 41.1 Å². The summed E-state index contributed by atoms with van der Waals surface area (Å²) in [6, 6.07) is 5.91. The molecular weight excluding hydrogens is 216 g/mol. The van der Waals surface area contributed by atoms with Gasteiger partial charge in [-0.25, -0.2) is 4.79 Å². The van der Waals surface area contributed by atoms with E-state index in [1.165, 1.54) is 6.20 Å². The Hall–Kier alpha value is -2.23. The summed E-state index contributed by atoms with van der Waals surface area (Å²) in [4.78, 5) is 14.1. The van der Waals surface area contributed by atoms with Crippen LogP contribution in [0, 0.1) is 13.8 Å². The van der Waals surface area contributed by atoms with Crippen LogP contribution in [0.5, 0.6) is 0 Å². The van der Waals surface area contributed by atoms with Gasteiger partial charge >= 0.3 is 5.97 Å². The third-order valence-corrected chi connectivity index (χ3v) is 2.79.